The van der Waals surface area contributed by atoms with Gasteiger partial charge in [0.2, 0.25) is 10.0 Å². The van der Waals surface area contributed by atoms with Gasteiger partial charge in [-0.15, -0.1) is 0 Å². The van der Waals surface area contributed by atoms with Gasteiger partial charge in [-0.25, -0.2) is 8.42 Å². The predicted octanol–water partition coefficient (Wildman–Crippen LogP) is 2.44. The number of carbonyl (C=O) groups is 1. The van der Waals surface area contributed by atoms with Crippen LogP contribution in [-0.2, 0) is 32.8 Å². The molecule has 1 atom stereocenters. The number of rotatable bonds is 5. The maximum absolute atomic E-state index is 12.7. The zero-order valence-corrected chi connectivity index (χ0v) is 14.8. The summed E-state index contributed by atoms with van der Waals surface area (Å²) in [6, 6.07) is 8.55. The molecule has 25 heavy (non-hydrogen) atoms. The molecule has 0 bridgehead atoms. The molecule has 1 aliphatic rings. The van der Waals surface area contributed by atoms with Gasteiger partial charge in [0, 0.05) is 0 Å². The Morgan fingerprint density at radius 3 is 2.60 bits per heavy atom. The molecule has 0 aliphatic carbocycles. The first-order chi connectivity index (χ1) is 11.8. The smallest absolute Gasteiger partial charge is 0.326 e. The number of ether oxygens (including phenoxy) is 1. The van der Waals surface area contributed by atoms with Crippen LogP contribution in [0.1, 0.15) is 33.9 Å². The fourth-order valence-corrected chi connectivity index (χ4v) is 4.09. The van der Waals surface area contributed by atoms with Gasteiger partial charge in [0.15, 0.2) is 0 Å². The molecule has 0 saturated heterocycles. The summed E-state index contributed by atoms with van der Waals surface area (Å²) in [6.07, 6.45) is 0. The van der Waals surface area contributed by atoms with Crippen molar-refractivity contribution in [3.8, 4) is 0 Å². The second kappa shape index (κ2) is 6.59. The zero-order chi connectivity index (χ0) is 18.2. The van der Waals surface area contributed by atoms with Gasteiger partial charge >= 0.3 is 5.97 Å². The molecule has 0 saturated carbocycles. The Morgan fingerprint density at radius 1 is 1.16 bits per heavy atom. The third-order valence-electron chi connectivity index (χ3n) is 4.48. The molecule has 132 valence electrons. The lowest BCUT2D eigenvalue weighted by Crippen LogP contribution is -2.34. The van der Waals surface area contributed by atoms with Crippen molar-refractivity contribution < 1.29 is 23.1 Å². The topological polar surface area (TPSA) is 92.7 Å². The van der Waals surface area contributed by atoms with Gasteiger partial charge in [-0.2, -0.15) is 4.72 Å². The summed E-state index contributed by atoms with van der Waals surface area (Å²) in [5.74, 6) is -1.25. The largest absolute Gasteiger partial charge is 0.480 e. The quantitative estimate of drug-likeness (QED) is 0.853. The lowest BCUT2D eigenvalue weighted by Gasteiger charge is -2.18. The number of aliphatic carboxylic acids is 1. The Labute approximate surface area is 146 Å². The van der Waals surface area contributed by atoms with Crippen LogP contribution in [0.5, 0.6) is 0 Å². The molecular formula is C18H19NO5S. The van der Waals surface area contributed by atoms with Crippen molar-refractivity contribution in [2.75, 3.05) is 0 Å². The number of hydrogen-bond acceptors (Lipinski definition) is 4. The van der Waals surface area contributed by atoms with Crippen LogP contribution in [0.4, 0.5) is 0 Å². The lowest BCUT2D eigenvalue weighted by atomic mass is 9.98. The van der Waals surface area contributed by atoms with E-state index in [1.54, 1.807) is 25.1 Å². The molecule has 6 nitrogen and oxygen atoms in total. The summed E-state index contributed by atoms with van der Waals surface area (Å²) >= 11 is 0. The van der Waals surface area contributed by atoms with E-state index in [2.05, 4.69) is 4.72 Å². The molecule has 0 amide bonds. The first-order valence-corrected chi connectivity index (χ1v) is 9.29. The van der Waals surface area contributed by atoms with Crippen LogP contribution in [0.2, 0.25) is 0 Å². The maximum atomic E-state index is 12.7. The molecular weight excluding hydrogens is 342 g/mol. The summed E-state index contributed by atoms with van der Waals surface area (Å²) in [5, 5.41) is 9.56. The highest BCUT2D eigenvalue weighted by Crippen LogP contribution is 2.26. The molecule has 2 N–H and O–H groups in total. The van der Waals surface area contributed by atoms with Crippen LogP contribution in [0.3, 0.4) is 0 Å². The molecule has 2 aromatic carbocycles. The molecule has 7 heteroatoms. The van der Waals surface area contributed by atoms with E-state index >= 15 is 0 Å². The van der Waals surface area contributed by atoms with E-state index in [9.17, 15) is 18.3 Å². The minimum atomic E-state index is -3.99. The van der Waals surface area contributed by atoms with Gasteiger partial charge in [0.25, 0.3) is 0 Å². The summed E-state index contributed by atoms with van der Waals surface area (Å²) in [4.78, 5) is 11.7. The van der Waals surface area contributed by atoms with Crippen LogP contribution in [0, 0.1) is 13.8 Å². The molecule has 1 aliphatic heterocycles. The van der Waals surface area contributed by atoms with Crippen molar-refractivity contribution >= 4 is 16.0 Å². The number of aryl methyl sites for hydroxylation is 1. The second-order valence-electron chi connectivity index (χ2n) is 6.10. The third-order valence-corrected chi connectivity index (χ3v) is 5.90. The summed E-state index contributed by atoms with van der Waals surface area (Å²) in [7, 11) is -3.99. The van der Waals surface area contributed by atoms with E-state index in [-0.39, 0.29) is 4.90 Å². The molecule has 0 aromatic heterocycles. The average Bonchev–Trinajstić information content (AvgIpc) is 3.03. The average molecular weight is 361 g/mol. The van der Waals surface area contributed by atoms with Gasteiger partial charge in [-0.3, -0.25) is 4.79 Å². The number of hydrogen-bond donors (Lipinski definition) is 2. The van der Waals surface area contributed by atoms with Gasteiger partial charge in [-0.05, 0) is 53.8 Å². The van der Waals surface area contributed by atoms with Crippen molar-refractivity contribution in [3.63, 3.8) is 0 Å². The Kier molecular flexibility index (Phi) is 4.64. The first-order valence-electron chi connectivity index (χ1n) is 7.80. The monoisotopic (exact) mass is 361 g/mol. The number of nitrogens with one attached hydrogen (secondary N) is 1. The van der Waals surface area contributed by atoms with Crippen molar-refractivity contribution in [3.05, 3.63) is 64.2 Å². The number of benzene rings is 2. The van der Waals surface area contributed by atoms with E-state index in [1.807, 2.05) is 13.0 Å². The number of sulfonamides is 1. The fourth-order valence-electron chi connectivity index (χ4n) is 2.87. The molecule has 0 spiro atoms. The van der Waals surface area contributed by atoms with Gasteiger partial charge < -0.3 is 9.84 Å². The van der Waals surface area contributed by atoms with Crippen molar-refractivity contribution in [1.29, 1.82) is 0 Å². The SMILES string of the molecule is Cc1cccc(C(NS(=O)(=O)c2ccc3c(c2)COC3)C(=O)O)c1C. The van der Waals surface area contributed by atoms with Crippen LogP contribution in [0.15, 0.2) is 41.3 Å². The van der Waals surface area contributed by atoms with Crippen LogP contribution in [-0.4, -0.2) is 19.5 Å². The number of fused-ring (bicyclic) bond motifs is 1. The second-order valence-corrected chi connectivity index (χ2v) is 7.82. The van der Waals surface area contributed by atoms with E-state index in [0.29, 0.717) is 18.8 Å². The van der Waals surface area contributed by atoms with Crippen molar-refractivity contribution in [2.45, 2.75) is 38.0 Å². The van der Waals surface area contributed by atoms with Crippen molar-refractivity contribution in [1.82, 2.24) is 4.72 Å². The predicted molar refractivity (Wildman–Crippen MR) is 91.5 cm³/mol. The Balaban J connectivity index is 1.97. The maximum Gasteiger partial charge on any atom is 0.326 e. The van der Waals surface area contributed by atoms with Crippen LogP contribution >= 0.6 is 0 Å². The minimum absolute atomic E-state index is 0.0355. The standard InChI is InChI=1S/C18H19NO5S/c1-11-4-3-5-16(12(11)2)17(18(20)21)19-25(22,23)15-7-6-13-9-24-10-14(13)8-15/h3-8,17,19H,9-10H2,1-2H3,(H,20,21). The molecule has 0 fully saturated rings. The summed E-state index contributed by atoms with van der Waals surface area (Å²) in [5.41, 5.74) is 3.84. The van der Waals surface area contributed by atoms with Crippen LogP contribution in [0.25, 0.3) is 0 Å². The molecule has 1 unspecified atom stereocenters. The Hall–Kier alpha value is -2.22. The first kappa shape index (κ1) is 17.6. The summed E-state index contributed by atoms with van der Waals surface area (Å²) < 4.78 is 33.0. The highest BCUT2D eigenvalue weighted by Gasteiger charge is 2.29. The Bertz CT molecular complexity index is 936. The summed E-state index contributed by atoms with van der Waals surface area (Å²) in [6.45, 7) is 4.45. The van der Waals surface area contributed by atoms with E-state index in [4.69, 9.17) is 4.74 Å². The van der Waals surface area contributed by atoms with Gasteiger partial charge in [0.05, 0.1) is 18.1 Å². The molecule has 2 aromatic rings. The zero-order valence-electron chi connectivity index (χ0n) is 13.9. The Morgan fingerprint density at radius 2 is 1.88 bits per heavy atom. The van der Waals surface area contributed by atoms with E-state index in [0.717, 1.165) is 22.3 Å². The fraction of sp³-hybridized carbons (Fsp3) is 0.278. The van der Waals surface area contributed by atoms with Crippen molar-refractivity contribution in [2.24, 2.45) is 0 Å². The normalized spacial score (nSPS) is 15.0. The minimum Gasteiger partial charge on any atom is -0.480 e. The van der Waals surface area contributed by atoms with Gasteiger partial charge in [0.1, 0.15) is 6.04 Å². The van der Waals surface area contributed by atoms with E-state index in [1.165, 1.54) is 12.1 Å². The highest BCUT2D eigenvalue weighted by atomic mass is 32.2. The highest BCUT2D eigenvalue weighted by molar-refractivity contribution is 7.89. The van der Waals surface area contributed by atoms with Gasteiger partial charge in [-0.1, -0.05) is 24.3 Å². The molecule has 3 rings (SSSR count). The van der Waals surface area contributed by atoms with E-state index < -0.39 is 22.0 Å². The van der Waals surface area contributed by atoms with Crippen LogP contribution < -0.4 is 4.72 Å². The number of carboxylic acid groups (broad SMARTS) is 1. The molecule has 1 heterocycles. The molecule has 0 radical (unpaired) electrons. The number of carboxylic acids is 1. The lowest BCUT2D eigenvalue weighted by molar-refractivity contribution is -0.139. The third kappa shape index (κ3) is 3.44.